The third-order valence-corrected chi connectivity index (χ3v) is 12.6. The second-order valence-electron chi connectivity index (χ2n) is 15.3. The van der Waals surface area contributed by atoms with Crippen LogP contribution in [0.2, 0.25) is 0 Å². The van der Waals surface area contributed by atoms with E-state index in [1.807, 2.05) is 13.8 Å². The molecule has 8 fully saturated rings. The number of ether oxygens (including phenoxy) is 6. The van der Waals surface area contributed by atoms with E-state index in [1.54, 1.807) is 13.8 Å². The minimum absolute atomic E-state index is 0.0407. The number of carbonyl (C=O) groups excluding carboxylic acids is 5. The molecule has 14 atom stereocenters. The molecule has 8 aliphatic rings. The number of hydrogen-bond acceptors (Lipinski definition) is 12. The van der Waals surface area contributed by atoms with Crippen molar-refractivity contribution >= 4 is 29.5 Å². The highest BCUT2D eigenvalue weighted by Gasteiger charge is 2.86. The highest BCUT2D eigenvalue weighted by molar-refractivity contribution is 6.00. The topological polar surface area (TPSA) is 161 Å². The number of rotatable bonds is 1. The van der Waals surface area contributed by atoms with Gasteiger partial charge in [-0.2, -0.15) is 0 Å². The normalized spacial score (nSPS) is 57.0. The fraction of sp³-hybridized carbons (Fsp3) is 0.839. The molecule has 2 aliphatic carbocycles. The second-order valence-corrected chi connectivity index (χ2v) is 15.3. The maximum Gasteiger partial charge on any atom is 0.311 e. The summed E-state index contributed by atoms with van der Waals surface area (Å²) in [7, 11) is 0. The molecular weight excluding hydrogens is 564 g/mol. The van der Waals surface area contributed by atoms with Crippen molar-refractivity contribution in [3.63, 3.8) is 0 Å². The van der Waals surface area contributed by atoms with Gasteiger partial charge in [0.15, 0.2) is 5.78 Å². The Morgan fingerprint density at radius 1 is 1.02 bits per heavy atom. The molecule has 0 radical (unpaired) electrons. The molecule has 2 bridgehead atoms. The standard InChI is InChI=1S/C31H38O12/c1-12-20-21(39-24(12)35)19-22-27(5,25(36)28(19,6)37)7-8-29-11-30-15(26(3,4)40-16(30)10-17(33)41-30)9-14(38-13(2)32)18(29)23(34)31(22,42-20)43-29/h12,14-16,18-22,37H,7-11H2,1-6H3/t12-,14-,15-,16+,18-,19+,20+,21+,22-,27-,28+,29-,30+,31-/m0/s1. The lowest BCUT2D eigenvalue weighted by Crippen LogP contribution is -2.65. The van der Waals surface area contributed by atoms with Gasteiger partial charge in [-0.05, 0) is 47.0 Å². The first-order valence-electron chi connectivity index (χ1n) is 15.4. The van der Waals surface area contributed by atoms with Gasteiger partial charge in [-0.25, -0.2) is 0 Å². The first-order valence-corrected chi connectivity index (χ1v) is 15.4. The molecule has 0 unspecified atom stereocenters. The Morgan fingerprint density at radius 3 is 2.44 bits per heavy atom. The van der Waals surface area contributed by atoms with Crippen LogP contribution >= 0.6 is 0 Å². The third kappa shape index (κ3) is 3.04. The molecule has 234 valence electrons. The van der Waals surface area contributed by atoms with Gasteiger partial charge in [0, 0.05) is 36.5 Å². The van der Waals surface area contributed by atoms with E-state index in [0.29, 0.717) is 0 Å². The molecule has 6 heterocycles. The van der Waals surface area contributed by atoms with E-state index in [1.165, 1.54) is 13.8 Å². The maximum absolute atomic E-state index is 15.2. The summed E-state index contributed by atoms with van der Waals surface area (Å²) in [6.07, 6.45) is -2.78. The number of Topliss-reactive ketones (excluding diaryl/α,β-unsaturated/α-hetero) is 2. The predicted molar refractivity (Wildman–Crippen MR) is 140 cm³/mol. The van der Waals surface area contributed by atoms with Gasteiger partial charge in [0.05, 0.1) is 29.5 Å². The molecule has 2 saturated carbocycles. The maximum atomic E-state index is 15.2. The van der Waals surface area contributed by atoms with Crippen molar-refractivity contribution in [2.45, 2.75) is 126 Å². The molecule has 8 rings (SSSR count). The second kappa shape index (κ2) is 7.86. The Balaban J connectivity index is 1.35. The molecule has 0 aromatic heterocycles. The van der Waals surface area contributed by atoms with Gasteiger partial charge in [0.1, 0.15) is 35.6 Å². The predicted octanol–water partition coefficient (Wildman–Crippen LogP) is 1.17. The van der Waals surface area contributed by atoms with Crippen LogP contribution in [0.15, 0.2) is 0 Å². The summed E-state index contributed by atoms with van der Waals surface area (Å²) in [5.41, 5.74) is -6.47. The van der Waals surface area contributed by atoms with E-state index in [4.69, 9.17) is 28.4 Å². The quantitative estimate of drug-likeness (QED) is 0.338. The van der Waals surface area contributed by atoms with Gasteiger partial charge in [-0.3, -0.25) is 24.0 Å². The molecule has 12 heteroatoms. The number of esters is 3. The minimum Gasteiger partial charge on any atom is -0.462 e. The molecule has 43 heavy (non-hydrogen) atoms. The van der Waals surface area contributed by atoms with E-state index in [9.17, 15) is 24.3 Å². The summed E-state index contributed by atoms with van der Waals surface area (Å²) in [5.74, 6) is -8.67. The number of fused-ring (bicyclic) bond motifs is 2. The molecule has 0 amide bonds. The zero-order chi connectivity index (χ0) is 30.9. The Labute approximate surface area is 248 Å². The Bertz CT molecular complexity index is 1400. The van der Waals surface area contributed by atoms with Crippen LogP contribution in [0.5, 0.6) is 0 Å². The molecule has 6 saturated heterocycles. The van der Waals surface area contributed by atoms with Gasteiger partial charge in [0.2, 0.25) is 11.6 Å². The molecule has 6 aliphatic heterocycles. The van der Waals surface area contributed by atoms with Crippen LogP contribution in [-0.4, -0.2) is 87.2 Å². The molecule has 3 spiro atoms. The number of ketones is 2. The van der Waals surface area contributed by atoms with Gasteiger partial charge in [0.25, 0.3) is 0 Å². The van der Waals surface area contributed by atoms with Gasteiger partial charge in [-0.15, -0.1) is 0 Å². The van der Waals surface area contributed by atoms with Gasteiger partial charge >= 0.3 is 17.9 Å². The molecule has 12 nitrogen and oxygen atoms in total. The van der Waals surface area contributed by atoms with Crippen LogP contribution in [0.4, 0.5) is 0 Å². The van der Waals surface area contributed by atoms with Crippen molar-refractivity contribution < 1.29 is 57.5 Å². The molecule has 1 N–H and O–H groups in total. The number of aliphatic hydroxyl groups is 1. The van der Waals surface area contributed by atoms with Crippen molar-refractivity contribution in [2.24, 2.45) is 35.0 Å². The average Bonchev–Trinajstić information content (AvgIpc) is 3.48. The fourth-order valence-electron chi connectivity index (χ4n) is 11.1. The third-order valence-electron chi connectivity index (χ3n) is 12.6. The average molecular weight is 603 g/mol. The molecule has 0 aromatic carbocycles. The Hall–Kier alpha value is -2.41. The van der Waals surface area contributed by atoms with Crippen molar-refractivity contribution in [3.8, 4) is 0 Å². The SMILES string of the molecule is CC(=O)O[C@H]1C[C@H]2C(C)(C)O[C@@H]3CC(=O)O[C@@]32C[C@]23CC[C@]4(C)C(=O)[C@](C)(O)[C@@H]5[C@H]6OC(=O)[C@@H](C)[C@H]6O[C@@](O2)(C(=O)[C@H]13)[C@@H]54. The smallest absolute Gasteiger partial charge is 0.311 e. The van der Waals surface area contributed by atoms with E-state index in [-0.39, 0.29) is 32.1 Å². The highest BCUT2D eigenvalue weighted by Crippen LogP contribution is 2.72. The number of carbonyl (C=O) groups is 5. The first-order chi connectivity index (χ1) is 19.9. The lowest BCUT2D eigenvalue weighted by atomic mass is 9.60. The summed E-state index contributed by atoms with van der Waals surface area (Å²) < 4.78 is 38.0. The Kier molecular flexibility index (Phi) is 5.14. The van der Waals surface area contributed by atoms with Crippen molar-refractivity contribution in [2.75, 3.05) is 0 Å². The summed E-state index contributed by atoms with van der Waals surface area (Å²) in [5, 5.41) is 11.8. The van der Waals surface area contributed by atoms with Crippen LogP contribution in [0.25, 0.3) is 0 Å². The van der Waals surface area contributed by atoms with Crippen molar-refractivity contribution in [3.05, 3.63) is 0 Å². The van der Waals surface area contributed by atoms with Crippen molar-refractivity contribution in [1.29, 1.82) is 0 Å². The van der Waals surface area contributed by atoms with Crippen LogP contribution in [0.1, 0.15) is 73.6 Å². The Morgan fingerprint density at radius 2 is 1.74 bits per heavy atom. The first kappa shape index (κ1) is 28.1. The summed E-state index contributed by atoms with van der Waals surface area (Å²) in [4.78, 5) is 67.6. The van der Waals surface area contributed by atoms with Gasteiger partial charge < -0.3 is 33.5 Å². The highest BCUT2D eigenvalue weighted by atomic mass is 16.7. The summed E-state index contributed by atoms with van der Waals surface area (Å²) in [6, 6.07) is 0. The van der Waals surface area contributed by atoms with E-state index in [2.05, 4.69) is 0 Å². The minimum atomic E-state index is -2.03. The van der Waals surface area contributed by atoms with Crippen LogP contribution in [-0.2, 0) is 52.4 Å². The largest absolute Gasteiger partial charge is 0.462 e. The zero-order valence-electron chi connectivity index (χ0n) is 25.2. The summed E-state index contributed by atoms with van der Waals surface area (Å²) >= 11 is 0. The van der Waals surface area contributed by atoms with Crippen molar-refractivity contribution in [1.82, 2.24) is 0 Å². The molecular formula is C31H38O12. The van der Waals surface area contributed by atoms with E-state index >= 15 is 4.79 Å². The van der Waals surface area contributed by atoms with Crippen LogP contribution < -0.4 is 0 Å². The monoisotopic (exact) mass is 602 g/mol. The molecule has 0 aromatic rings. The lowest BCUT2D eigenvalue weighted by Gasteiger charge is -2.50. The zero-order valence-corrected chi connectivity index (χ0v) is 25.2. The number of hydrogen-bond donors (Lipinski definition) is 1. The van der Waals surface area contributed by atoms with Crippen LogP contribution in [0.3, 0.4) is 0 Å². The lowest BCUT2D eigenvalue weighted by molar-refractivity contribution is -0.336. The van der Waals surface area contributed by atoms with E-state index in [0.717, 1.165) is 0 Å². The fourth-order valence-corrected chi connectivity index (χ4v) is 11.1. The summed E-state index contributed by atoms with van der Waals surface area (Å²) in [6.45, 7) is 9.88. The van der Waals surface area contributed by atoms with E-state index < -0.39 is 117 Å². The van der Waals surface area contributed by atoms with Crippen LogP contribution in [0, 0.1) is 35.0 Å². The van der Waals surface area contributed by atoms with Gasteiger partial charge in [-0.1, -0.05) is 6.92 Å².